The minimum absolute atomic E-state index is 0.0502. The summed E-state index contributed by atoms with van der Waals surface area (Å²) in [6.07, 6.45) is 25.2. The molecular formula is C47H82O17P2. The van der Waals surface area contributed by atoms with Crippen molar-refractivity contribution in [2.24, 2.45) is 0 Å². The standard InChI is InChI=1S/C47H82O17P2/c1-3-5-7-8-9-10-11-12-13-14-18-21-24-27-30-34-40(49)60-36-39(37-61-66(58,59)64-47-44(53)42(51)43(52)46(45(47)54)63-65(55,56)57)62-41(50)35-31-28-25-22-19-16-15-17-20-23-26-29-33-38(48)32-6-4-2/h5,7,15-16,20,22-23,25,29,33,38-39,42-48,51-54H,3-4,6,8-14,17-19,21,24,26-28,30-32,34-37H2,1-2H3,(H,58,59)(H2,55,56,57)/b7-5-,16-15-,23-20-,25-22-,33-29-/t38-,39-,42?,43?,44?,45?,46-,47+/m1/s1. The van der Waals surface area contributed by atoms with Gasteiger partial charge in [-0.3, -0.25) is 23.2 Å². The minimum atomic E-state index is -5.38. The zero-order valence-electron chi connectivity index (χ0n) is 39.2. The number of aliphatic hydroxyl groups is 5. The lowest BCUT2D eigenvalue weighted by molar-refractivity contribution is -0.216. The number of phosphoric acid groups is 2. The summed E-state index contributed by atoms with van der Waals surface area (Å²) < 4.78 is 49.3. The van der Waals surface area contributed by atoms with Crippen molar-refractivity contribution in [2.45, 2.75) is 210 Å². The quantitative estimate of drug-likeness (QED) is 0.0125. The fraction of sp³-hybridized carbons (Fsp3) is 0.745. The van der Waals surface area contributed by atoms with Gasteiger partial charge in [-0.15, -0.1) is 0 Å². The summed E-state index contributed by atoms with van der Waals surface area (Å²) in [6.45, 7) is 2.82. The third kappa shape index (κ3) is 31.7. The summed E-state index contributed by atoms with van der Waals surface area (Å²) in [5.74, 6) is -1.30. The number of phosphoric ester groups is 2. The van der Waals surface area contributed by atoms with E-state index in [9.17, 15) is 58.9 Å². The molecule has 19 heteroatoms. The molecule has 0 bridgehead atoms. The molecule has 382 valence electrons. The van der Waals surface area contributed by atoms with Crippen molar-refractivity contribution in [3.8, 4) is 0 Å². The Morgan fingerprint density at radius 1 is 0.561 bits per heavy atom. The van der Waals surface area contributed by atoms with Crippen molar-refractivity contribution in [2.75, 3.05) is 13.2 Å². The highest BCUT2D eigenvalue weighted by atomic mass is 31.2. The molecule has 1 aliphatic carbocycles. The molecule has 0 aromatic rings. The van der Waals surface area contributed by atoms with Gasteiger partial charge in [0.25, 0.3) is 0 Å². The van der Waals surface area contributed by atoms with Gasteiger partial charge in [-0.05, 0) is 64.2 Å². The summed E-state index contributed by atoms with van der Waals surface area (Å²) in [4.78, 5) is 54.3. The summed E-state index contributed by atoms with van der Waals surface area (Å²) >= 11 is 0. The maximum Gasteiger partial charge on any atom is 0.472 e. The van der Waals surface area contributed by atoms with Crippen LogP contribution in [0.5, 0.6) is 0 Å². The second-order valence-electron chi connectivity index (χ2n) is 16.6. The number of rotatable bonds is 39. The molecule has 1 saturated carbocycles. The van der Waals surface area contributed by atoms with E-state index in [-0.39, 0.29) is 12.8 Å². The highest BCUT2D eigenvalue weighted by molar-refractivity contribution is 7.47. The topological polar surface area (TPSA) is 276 Å². The second kappa shape index (κ2) is 37.5. The first kappa shape index (κ1) is 61.7. The lowest BCUT2D eigenvalue weighted by Crippen LogP contribution is -2.64. The zero-order chi connectivity index (χ0) is 49.1. The van der Waals surface area contributed by atoms with Crippen molar-refractivity contribution in [1.29, 1.82) is 0 Å². The fourth-order valence-electron chi connectivity index (χ4n) is 6.92. The van der Waals surface area contributed by atoms with Gasteiger partial charge in [-0.25, -0.2) is 9.13 Å². The van der Waals surface area contributed by atoms with Crippen LogP contribution in [0.25, 0.3) is 0 Å². The molecule has 0 heterocycles. The average Bonchev–Trinajstić information content (AvgIpc) is 3.27. The zero-order valence-corrected chi connectivity index (χ0v) is 41.0. The van der Waals surface area contributed by atoms with Crippen LogP contribution in [0.4, 0.5) is 0 Å². The van der Waals surface area contributed by atoms with E-state index >= 15 is 0 Å². The molecule has 66 heavy (non-hydrogen) atoms. The van der Waals surface area contributed by atoms with Crippen molar-refractivity contribution in [3.63, 3.8) is 0 Å². The van der Waals surface area contributed by atoms with Gasteiger partial charge in [0.15, 0.2) is 6.10 Å². The van der Waals surface area contributed by atoms with Crippen LogP contribution in [0.15, 0.2) is 60.8 Å². The largest absolute Gasteiger partial charge is 0.472 e. The molecule has 17 nitrogen and oxygen atoms in total. The van der Waals surface area contributed by atoms with E-state index in [1.54, 1.807) is 0 Å². The molecule has 0 amide bonds. The Hall–Kier alpha value is -2.34. The minimum Gasteiger partial charge on any atom is -0.462 e. The third-order valence-electron chi connectivity index (χ3n) is 10.6. The third-order valence-corrected chi connectivity index (χ3v) is 12.1. The first-order valence-electron chi connectivity index (χ1n) is 23.9. The molecule has 0 spiro atoms. The Labute approximate surface area is 392 Å². The van der Waals surface area contributed by atoms with Crippen molar-refractivity contribution in [1.82, 2.24) is 0 Å². The lowest BCUT2D eigenvalue weighted by Gasteiger charge is -2.43. The maximum absolute atomic E-state index is 13.0. The lowest BCUT2D eigenvalue weighted by atomic mass is 9.85. The molecule has 0 aliphatic heterocycles. The number of hydrogen-bond acceptors (Lipinski definition) is 14. The molecule has 1 aliphatic rings. The van der Waals surface area contributed by atoms with Crippen LogP contribution in [0, 0.1) is 0 Å². The van der Waals surface area contributed by atoms with E-state index in [0.29, 0.717) is 25.7 Å². The summed E-state index contributed by atoms with van der Waals surface area (Å²) in [6, 6.07) is 0. The number of allylic oxidation sites excluding steroid dienone is 9. The fourth-order valence-corrected chi connectivity index (χ4v) is 8.46. The summed E-state index contributed by atoms with van der Waals surface area (Å²) in [5, 5.41) is 51.1. The van der Waals surface area contributed by atoms with Gasteiger partial charge < -0.3 is 49.7 Å². The van der Waals surface area contributed by atoms with E-state index in [4.69, 9.17) is 18.5 Å². The van der Waals surface area contributed by atoms with Crippen LogP contribution in [-0.2, 0) is 41.8 Å². The van der Waals surface area contributed by atoms with Gasteiger partial charge in [-0.2, -0.15) is 0 Å². The number of carbonyl (C=O) groups excluding carboxylic acids is 2. The van der Waals surface area contributed by atoms with E-state index in [1.807, 2.05) is 48.6 Å². The van der Waals surface area contributed by atoms with E-state index in [2.05, 4.69) is 30.5 Å². The molecule has 0 radical (unpaired) electrons. The molecular weight excluding hydrogens is 898 g/mol. The SMILES string of the molecule is CC/C=C\CCCCCCCCCCCCCC(=O)OC[C@H](COP(=O)(O)O[C@H]1C(O)C(O)C(O)[C@@H](OP(=O)(O)O)C1O)OC(=O)CCC/C=C\C/C=C\C/C=C\C/C=C\[C@H](O)CCCC. The molecule has 9 atom stereocenters. The molecule has 0 aromatic heterocycles. The highest BCUT2D eigenvalue weighted by Crippen LogP contribution is 2.49. The maximum atomic E-state index is 13.0. The van der Waals surface area contributed by atoms with Crippen LogP contribution >= 0.6 is 15.6 Å². The predicted molar refractivity (Wildman–Crippen MR) is 252 cm³/mol. The van der Waals surface area contributed by atoms with Gasteiger partial charge in [0, 0.05) is 12.8 Å². The molecule has 8 N–H and O–H groups in total. The number of carbonyl (C=O) groups is 2. The number of esters is 2. The van der Waals surface area contributed by atoms with Crippen LogP contribution in [-0.4, -0.2) is 114 Å². The predicted octanol–water partition coefficient (Wildman–Crippen LogP) is 8.03. The van der Waals surface area contributed by atoms with Crippen molar-refractivity contribution in [3.05, 3.63) is 60.8 Å². The Morgan fingerprint density at radius 2 is 1.06 bits per heavy atom. The van der Waals surface area contributed by atoms with Crippen LogP contribution in [0.1, 0.15) is 162 Å². The van der Waals surface area contributed by atoms with Gasteiger partial charge in [-0.1, -0.05) is 145 Å². The van der Waals surface area contributed by atoms with Gasteiger partial charge in [0.1, 0.15) is 43.2 Å². The molecule has 1 rings (SSSR count). The molecule has 1 fully saturated rings. The summed E-state index contributed by atoms with van der Waals surface area (Å²) in [7, 11) is -10.7. The van der Waals surface area contributed by atoms with E-state index in [0.717, 1.165) is 70.6 Å². The second-order valence-corrected chi connectivity index (χ2v) is 19.2. The number of unbranched alkanes of at least 4 members (excludes halogenated alkanes) is 13. The highest BCUT2D eigenvalue weighted by Gasteiger charge is 2.54. The molecule has 5 unspecified atom stereocenters. The average molecular weight is 981 g/mol. The Bertz CT molecular complexity index is 1530. The van der Waals surface area contributed by atoms with Crippen molar-refractivity contribution >= 4 is 27.6 Å². The smallest absolute Gasteiger partial charge is 0.462 e. The van der Waals surface area contributed by atoms with E-state index < -0.39 is 89.6 Å². The van der Waals surface area contributed by atoms with Crippen LogP contribution in [0.3, 0.4) is 0 Å². The first-order valence-corrected chi connectivity index (χ1v) is 27.0. The summed E-state index contributed by atoms with van der Waals surface area (Å²) in [5.41, 5.74) is 0. The van der Waals surface area contributed by atoms with Gasteiger partial charge in [0.05, 0.1) is 12.7 Å². The number of ether oxygens (including phenoxy) is 2. The Balaban J connectivity index is 2.64. The number of hydrogen-bond donors (Lipinski definition) is 8. The van der Waals surface area contributed by atoms with Gasteiger partial charge >= 0.3 is 27.6 Å². The number of aliphatic hydroxyl groups excluding tert-OH is 5. The Morgan fingerprint density at radius 3 is 1.64 bits per heavy atom. The van der Waals surface area contributed by atoms with Crippen molar-refractivity contribution < 1.29 is 82.0 Å². The van der Waals surface area contributed by atoms with E-state index in [1.165, 1.54) is 38.5 Å². The first-order chi connectivity index (χ1) is 31.5. The Kier molecular flexibility index (Phi) is 35.1. The molecule has 0 saturated heterocycles. The molecule has 0 aromatic carbocycles. The monoisotopic (exact) mass is 981 g/mol. The normalized spacial score (nSPS) is 22.5. The van der Waals surface area contributed by atoms with Crippen LogP contribution < -0.4 is 0 Å². The van der Waals surface area contributed by atoms with Gasteiger partial charge in [0.2, 0.25) is 0 Å². The van der Waals surface area contributed by atoms with Crippen LogP contribution in [0.2, 0.25) is 0 Å².